The Bertz CT molecular complexity index is 782. The fourth-order valence-electron chi connectivity index (χ4n) is 2.66. The van der Waals surface area contributed by atoms with Gasteiger partial charge in [-0.25, -0.2) is 0 Å². The lowest BCUT2D eigenvalue weighted by atomic mass is 9.91. The summed E-state index contributed by atoms with van der Waals surface area (Å²) in [5.74, 6) is -0.107. The maximum Gasteiger partial charge on any atom is 0.250 e. The molecule has 0 bridgehead atoms. The molecule has 0 spiro atoms. The number of nitrogens with one attached hydrogen (secondary N) is 1. The first-order chi connectivity index (χ1) is 10.9. The van der Waals surface area contributed by atoms with Gasteiger partial charge in [0, 0.05) is 16.9 Å². The van der Waals surface area contributed by atoms with Crippen LogP contribution in [0.25, 0.3) is 0 Å². The van der Waals surface area contributed by atoms with Crippen molar-refractivity contribution in [3.63, 3.8) is 0 Å². The van der Waals surface area contributed by atoms with Crippen molar-refractivity contribution >= 4 is 34.9 Å². The van der Waals surface area contributed by atoms with Gasteiger partial charge in [-0.3, -0.25) is 9.59 Å². The summed E-state index contributed by atoms with van der Waals surface area (Å²) in [6.07, 6.45) is 7.08. The Balaban J connectivity index is 1.93. The molecule has 2 amide bonds. The third-order valence-electron chi connectivity index (χ3n) is 4.04. The summed E-state index contributed by atoms with van der Waals surface area (Å²) in [7, 11) is 0. The third kappa shape index (κ3) is 2.80. The van der Waals surface area contributed by atoms with Crippen molar-refractivity contribution in [3.8, 4) is 0 Å². The van der Waals surface area contributed by atoms with Crippen LogP contribution in [0, 0.1) is 6.92 Å². The molecule has 23 heavy (non-hydrogen) atoms. The highest BCUT2D eigenvalue weighted by molar-refractivity contribution is 6.31. The van der Waals surface area contributed by atoms with E-state index in [4.69, 9.17) is 11.6 Å². The summed E-state index contributed by atoms with van der Waals surface area (Å²) >= 11 is 6.00. The number of nitrogens with zero attached hydrogens (tertiary/aromatic N) is 2. The zero-order chi connectivity index (χ0) is 16.6. The molecule has 6 heteroatoms. The van der Waals surface area contributed by atoms with E-state index in [2.05, 4.69) is 10.3 Å². The first-order valence-corrected chi connectivity index (χ1v) is 7.61. The minimum atomic E-state index is -1.04. The second-order valence-electron chi connectivity index (χ2n) is 5.80. The van der Waals surface area contributed by atoms with Crippen LogP contribution in [0.3, 0.4) is 0 Å². The molecule has 0 radical (unpaired) electrons. The number of allylic oxidation sites excluding steroid dienone is 2. The molecule has 2 aliphatic heterocycles. The summed E-state index contributed by atoms with van der Waals surface area (Å²) in [6, 6.07) is 5.30. The summed E-state index contributed by atoms with van der Waals surface area (Å²) in [5, 5.41) is 3.43. The Labute approximate surface area is 139 Å². The number of amides is 2. The Kier molecular flexibility index (Phi) is 3.82. The summed E-state index contributed by atoms with van der Waals surface area (Å²) in [5.41, 5.74) is 0.498. The maximum atomic E-state index is 12.9. The molecular weight excluding hydrogens is 314 g/mol. The largest absolute Gasteiger partial charge is 0.324 e. The lowest BCUT2D eigenvalue weighted by Crippen LogP contribution is -2.58. The van der Waals surface area contributed by atoms with Gasteiger partial charge in [0.05, 0.1) is 6.42 Å². The fourth-order valence-corrected chi connectivity index (χ4v) is 2.84. The van der Waals surface area contributed by atoms with Crippen LogP contribution in [-0.2, 0) is 9.59 Å². The predicted molar refractivity (Wildman–Crippen MR) is 90.4 cm³/mol. The molecule has 1 atom stereocenters. The summed E-state index contributed by atoms with van der Waals surface area (Å²) in [4.78, 5) is 30.5. The Hall–Kier alpha value is -2.40. The highest BCUT2D eigenvalue weighted by Crippen LogP contribution is 2.30. The van der Waals surface area contributed by atoms with Gasteiger partial charge >= 0.3 is 0 Å². The number of hydrogen-bond donors (Lipinski definition) is 1. The average molecular weight is 330 g/mol. The molecule has 2 aliphatic rings. The van der Waals surface area contributed by atoms with Crippen molar-refractivity contribution in [1.82, 2.24) is 4.90 Å². The first-order valence-electron chi connectivity index (χ1n) is 7.23. The monoisotopic (exact) mass is 329 g/mol. The maximum absolute atomic E-state index is 12.9. The van der Waals surface area contributed by atoms with Crippen molar-refractivity contribution in [1.29, 1.82) is 0 Å². The Morgan fingerprint density at radius 1 is 1.39 bits per heavy atom. The Morgan fingerprint density at radius 3 is 2.96 bits per heavy atom. The van der Waals surface area contributed by atoms with Crippen LogP contribution in [0.4, 0.5) is 5.69 Å². The molecule has 0 aromatic heterocycles. The van der Waals surface area contributed by atoms with E-state index in [9.17, 15) is 9.59 Å². The Morgan fingerprint density at radius 2 is 2.17 bits per heavy atom. The second kappa shape index (κ2) is 5.66. The number of amidine groups is 1. The van der Waals surface area contributed by atoms with Gasteiger partial charge in [-0.1, -0.05) is 23.7 Å². The van der Waals surface area contributed by atoms with E-state index in [-0.39, 0.29) is 18.2 Å². The third-order valence-corrected chi connectivity index (χ3v) is 4.28. The number of anilines is 1. The van der Waals surface area contributed by atoms with E-state index in [0.29, 0.717) is 16.5 Å². The van der Waals surface area contributed by atoms with Crippen LogP contribution < -0.4 is 5.32 Å². The van der Waals surface area contributed by atoms with E-state index in [0.717, 1.165) is 5.56 Å². The molecule has 0 saturated heterocycles. The number of carbonyl (C=O) groups excluding carboxylic acids is 2. The molecule has 3 rings (SSSR count). The van der Waals surface area contributed by atoms with E-state index in [1.165, 1.54) is 0 Å². The lowest BCUT2D eigenvalue weighted by molar-refractivity contribution is -0.130. The molecule has 1 N–H and O–H groups in total. The summed E-state index contributed by atoms with van der Waals surface area (Å²) in [6.45, 7) is 3.62. The second-order valence-corrected chi connectivity index (χ2v) is 6.23. The van der Waals surface area contributed by atoms with Crippen LogP contribution >= 0.6 is 11.6 Å². The fraction of sp³-hybridized carbons (Fsp3) is 0.235. The van der Waals surface area contributed by atoms with Crippen LogP contribution in [-0.4, -0.2) is 28.1 Å². The molecular formula is C17H16ClN3O2. The zero-order valence-electron chi connectivity index (χ0n) is 12.8. The smallest absolute Gasteiger partial charge is 0.250 e. The lowest BCUT2D eigenvalue weighted by Gasteiger charge is -2.41. The highest BCUT2D eigenvalue weighted by atomic mass is 35.5. The predicted octanol–water partition coefficient (Wildman–Crippen LogP) is 3.06. The number of rotatable bonds is 2. The van der Waals surface area contributed by atoms with Gasteiger partial charge in [-0.05, 0) is 43.7 Å². The number of hydrogen-bond acceptors (Lipinski definition) is 3. The quantitative estimate of drug-likeness (QED) is 0.907. The van der Waals surface area contributed by atoms with Crippen molar-refractivity contribution in [2.75, 3.05) is 5.32 Å². The highest BCUT2D eigenvalue weighted by Gasteiger charge is 2.45. The van der Waals surface area contributed by atoms with Crippen molar-refractivity contribution < 1.29 is 9.59 Å². The molecule has 1 aromatic carbocycles. The minimum absolute atomic E-state index is 0.0140. The number of halogens is 1. The normalized spacial score (nSPS) is 22.7. The number of carbonyl (C=O) groups is 2. The molecule has 0 aliphatic carbocycles. The van der Waals surface area contributed by atoms with Gasteiger partial charge in [0.25, 0.3) is 11.8 Å². The van der Waals surface area contributed by atoms with Crippen LogP contribution in [0.1, 0.15) is 18.9 Å². The van der Waals surface area contributed by atoms with Gasteiger partial charge in [0.2, 0.25) is 0 Å². The van der Waals surface area contributed by atoms with Gasteiger partial charge in [0.15, 0.2) is 0 Å². The van der Waals surface area contributed by atoms with Crippen molar-refractivity contribution in [2.45, 2.75) is 25.8 Å². The molecule has 118 valence electrons. The summed E-state index contributed by atoms with van der Waals surface area (Å²) < 4.78 is 0. The van der Waals surface area contributed by atoms with E-state index < -0.39 is 5.54 Å². The van der Waals surface area contributed by atoms with Crippen LogP contribution in [0.5, 0.6) is 0 Å². The number of aryl methyl sites for hydroxylation is 1. The van der Waals surface area contributed by atoms with Crippen molar-refractivity contribution in [2.24, 2.45) is 4.99 Å². The van der Waals surface area contributed by atoms with Crippen molar-refractivity contribution in [3.05, 3.63) is 53.2 Å². The topological polar surface area (TPSA) is 61.8 Å². The van der Waals surface area contributed by atoms with E-state index >= 15 is 0 Å². The van der Waals surface area contributed by atoms with Gasteiger partial charge < -0.3 is 10.2 Å². The molecule has 0 saturated carbocycles. The SMILES string of the molecule is Cc1ccc(Cl)cc1NC(=O)C1(C)CC(=O)N=C2C=CC=CN21. The molecule has 1 unspecified atom stereocenters. The molecule has 0 fully saturated rings. The number of benzene rings is 1. The number of fused-ring (bicyclic) bond motifs is 1. The van der Waals surface area contributed by atoms with Gasteiger partial charge in [-0.15, -0.1) is 0 Å². The van der Waals surface area contributed by atoms with Crippen LogP contribution in [0.15, 0.2) is 47.6 Å². The number of aliphatic imine (C=N–C) groups is 1. The molecule has 2 heterocycles. The van der Waals surface area contributed by atoms with Gasteiger partial charge in [0.1, 0.15) is 11.4 Å². The first kappa shape index (κ1) is 15.5. The van der Waals surface area contributed by atoms with Gasteiger partial charge in [-0.2, -0.15) is 4.99 Å². The van der Waals surface area contributed by atoms with Crippen LogP contribution in [0.2, 0.25) is 5.02 Å². The minimum Gasteiger partial charge on any atom is -0.324 e. The molecule has 5 nitrogen and oxygen atoms in total. The van der Waals surface area contributed by atoms with E-state index in [1.54, 1.807) is 42.3 Å². The zero-order valence-corrected chi connectivity index (χ0v) is 13.6. The average Bonchev–Trinajstić information content (AvgIpc) is 2.50. The van der Waals surface area contributed by atoms with E-state index in [1.807, 2.05) is 19.1 Å². The standard InChI is InChI=1S/C17H16ClN3O2/c1-11-6-7-12(18)9-13(11)19-16(23)17(2)10-15(22)20-14-5-3-4-8-21(14)17/h3-9H,10H2,1-2H3,(H,19,23). The molecule has 1 aromatic rings.